The maximum atomic E-state index is 12.6. The van der Waals surface area contributed by atoms with Gasteiger partial charge in [-0.1, -0.05) is 18.2 Å². The maximum absolute atomic E-state index is 12.6. The molecule has 7 nitrogen and oxygen atoms in total. The molecule has 176 valence electrons. The zero-order valence-corrected chi connectivity index (χ0v) is 20.7. The second-order valence-electron chi connectivity index (χ2n) is 7.87. The molecule has 0 atom stereocenters. The van der Waals surface area contributed by atoms with E-state index in [4.69, 9.17) is 17.0 Å². The maximum Gasteiger partial charge on any atom is 0.264 e. The van der Waals surface area contributed by atoms with Crippen LogP contribution in [0.15, 0.2) is 60.0 Å². The molecule has 0 unspecified atom stereocenters. The number of hydrogen-bond donors (Lipinski definition) is 2. The van der Waals surface area contributed by atoms with E-state index in [0.717, 1.165) is 34.9 Å². The fourth-order valence-electron chi connectivity index (χ4n) is 3.91. The van der Waals surface area contributed by atoms with Crippen molar-refractivity contribution < 1.29 is 14.3 Å². The van der Waals surface area contributed by atoms with Crippen LogP contribution in [-0.2, 0) is 0 Å². The van der Waals surface area contributed by atoms with E-state index in [1.54, 1.807) is 19.2 Å². The van der Waals surface area contributed by atoms with Gasteiger partial charge in [0, 0.05) is 37.6 Å². The molecule has 2 amide bonds. The van der Waals surface area contributed by atoms with E-state index in [9.17, 15) is 9.59 Å². The number of methoxy groups -OCH3 is 1. The Balaban J connectivity index is 1.30. The Labute approximate surface area is 208 Å². The molecule has 3 aromatic rings. The first-order valence-corrected chi connectivity index (χ1v) is 12.2. The first kappa shape index (κ1) is 23.7. The Hall–Kier alpha value is -3.43. The minimum Gasteiger partial charge on any atom is -0.496 e. The monoisotopic (exact) mass is 494 g/mol. The van der Waals surface area contributed by atoms with Crippen molar-refractivity contribution >= 4 is 51.9 Å². The Morgan fingerprint density at radius 1 is 1.00 bits per heavy atom. The van der Waals surface area contributed by atoms with Gasteiger partial charge in [0.1, 0.15) is 5.75 Å². The molecule has 2 aromatic carbocycles. The summed E-state index contributed by atoms with van der Waals surface area (Å²) < 4.78 is 5.36. The van der Waals surface area contributed by atoms with Crippen LogP contribution in [-0.4, -0.2) is 55.1 Å². The van der Waals surface area contributed by atoms with Gasteiger partial charge in [-0.05, 0) is 66.5 Å². The summed E-state index contributed by atoms with van der Waals surface area (Å²) in [6, 6.07) is 17.0. The van der Waals surface area contributed by atoms with Crippen molar-refractivity contribution in [3.63, 3.8) is 0 Å². The third-order valence-electron chi connectivity index (χ3n) is 5.68. The molecule has 1 fully saturated rings. The standard InChI is InChI=1S/C25H26N4O3S2/c1-17-5-3-6-20(22(17)32-2)23(30)27-25(33)26-18-8-10-19(11-9-18)28-12-14-29(15-13-28)24(31)21-7-4-16-34-21/h3-11,16H,12-15H2,1-2H3,(H2,26,27,30,33). The average Bonchev–Trinajstić information content (AvgIpc) is 3.39. The number of amides is 2. The number of para-hydroxylation sites is 1. The molecule has 34 heavy (non-hydrogen) atoms. The van der Waals surface area contributed by atoms with E-state index in [2.05, 4.69) is 15.5 Å². The Kier molecular flexibility index (Phi) is 7.44. The highest BCUT2D eigenvalue weighted by molar-refractivity contribution is 7.80. The van der Waals surface area contributed by atoms with Crippen molar-refractivity contribution in [2.45, 2.75) is 6.92 Å². The molecule has 4 rings (SSSR count). The minimum absolute atomic E-state index is 0.105. The van der Waals surface area contributed by atoms with Crippen LogP contribution in [0, 0.1) is 6.92 Å². The van der Waals surface area contributed by atoms with E-state index in [1.807, 2.05) is 59.7 Å². The normalized spacial score (nSPS) is 13.4. The fraction of sp³-hybridized carbons (Fsp3) is 0.240. The molecular formula is C25H26N4O3S2. The van der Waals surface area contributed by atoms with Gasteiger partial charge in [-0.25, -0.2) is 0 Å². The van der Waals surface area contributed by atoms with Gasteiger partial charge in [-0.3, -0.25) is 14.9 Å². The highest BCUT2D eigenvalue weighted by atomic mass is 32.1. The number of carbonyl (C=O) groups excluding carboxylic acids is 2. The summed E-state index contributed by atoms with van der Waals surface area (Å²) in [7, 11) is 1.54. The van der Waals surface area contributed by atoms with Crippen molar-refractivity contribution in [1.82, 2.24) is 10.2 Å². The Bertz CT molecular complexity index is 1170. The van der Waals surface area contributed by atoms with Gasteiger partial charge in [-0.15, -0.1) is 11.3 Å². The molecule has 0 bridgehead atoms. The number of thiophene rings is 1. The number of aryl methyl sites for hydroxylation is 1. The molecule has 0 spiro atoms. The second kappa shape index (κ2) is 10.7. The smallest absolute Gasteiger partial charge is 0.264 e. The number of rotatable bonds is 5. The van der Waals surface area contributed by atoms with Crippen molar-refractivity contribution in [2.24, 2.45) is 0 Å². The first-order valence-electron chi connectivity index (χ1n) is 10.9. The number of piperazine rings is 1. The molecule has 0 saturated carbocycles. The number of hydrogen-bond acceptors (Lipinski definition) is 6. The van der Waals surface area contributed by atoms with Crippen molar-refractivity contribution in [3.05, 3.63) is 76.0 Å². The van der Waals surface area contributed by atoms with Crippen LogP contribution >= 0.6 is 23.6 Å². The van der Waals surface area contributed by atoms with Crippen LogP contribution in [0.4, 0.5) is 11.4 Å². The van der Waals surface area contributed by atoms with Gasteiger partial charge >= 0.3 is 0 Å². The van der Waals surface area contributed by atoms with Gasteiger partial charge in [0.15, 0.2) is 5.11 Å². The lowest BCUT2D eigenvalue weighted by Gasteiger charge is -2.36. The molecule has 1 saturated heterocycles. The highest BCUT2D eigenvalue weighted by Crippen LogP contribution is 2.23. The molecule has 1 aliphatic rings. The van der Waals surface area contributed by atoms with Gasteiger partial charge in [0.25, 0.3) is 11.8 Å². The summed E-state index contributed by atoms with van der Waals surface area (Å²) in [4.78, 5) is 30.1. The molecule has 0 radical (unpaired) electrons. The largest absolute Gasteiger partial charge is 0.496 e. The third kappa shape index (κ3) is 5.37. The van der Waals surface area contributed by atoms with Gasteiger partial charge in [-0.2, -0.15) is 0 Å². The highest BCUT2D eigenvalue weighted by Gasteiger charge is 2.23. The lowest BCUT2D eigenvalue weighted by molar-refractivity contribution is 0.0751. The molecule has 1 aliphatic heterocycles. The fourth-order valence-corrected chi connectivity index (χ4v) is 4.82. The minimum atomic E-state index is -0.329. The molecule has 9 heteroatoms. The first-order chi connectivity index (χ1) is 16.5. The summed E-state index contributed by atoms with van der Waals surface area (Å²) in [5.74, 6) is 0.307. The molecule has 2 heterocycles. The number of ether oxygens (including phenoxy) is 1. The number of nitrogens with one attached hydrogen (secondary N) is 2. The van der Waals surface area contributed by atoms with E-state index < -0.39 is 0 Å². The number of anilines is 2. The number of benzene rings is 2. The van der Waals surface area contributed by atoms with E-state index >= 15 is 0 Å². The summed E-state index contributed by atoms with van der Waals surface area (Å²) in [5, 5.41) is 7.89. The quantitative estimate of drug-likeness (QED) is 0.519. The number of carbonyl (C=O) groups is 2. The van der Waals surface area contributed by atoms with Crippen LogP contribution in [0.25, 0.3) is 0 Å². The second-order valence-corrected chi connectivity index (χ2v) is 9.22. The predicted molar refractivity (Wildman–Crippen MR) is 140 cm³/mol. The van der Waals surface area contributed by atoms with Crippen LogP contribution in [0.3, 0.4) is 0 Å². The van der Waals surface area contributed by atoms with E-state index in [-0.39, 0.29) is 16.9 Å². The molecule has 1 aromatic heterocycles. The van der Waals surface area contributed by atoms with Crippen LogP contribution < -0.4 is 20.3 Å². The topological polar surface area (TPSA) is 73.9 Å². The Morgan fingerprint density at radius 3 is 2.38 bits per heavy atom. The number of nitrogens with zero attached hydrogens (tertiary/aromatic N) is 2. The summed E-state index contributed by atoms with van der Waals surface area (Å²) in [6.45, 7) is 4.81. The van der Waals surface area contributed by atoms with Crippen molar-refractivity contribution in [1.29, 1.82) is 0 Å². The molecule has 2 N–H and O–H groups in total. The number of thiocarbonyl (C=S) groups is 1. The molecular weight excluding hydrogens is 468 g/mol. The van der Waals surface area contributed by atoms with Crippen LogP contribution in [0.1, 0.15) is 25.6 Å². The third-order valence-corrected chi connectivity index (χ3v) is 6.74. The summed E-state index contributed by atoms with van der Waals surface area (Å²) in [6.07, 6.45) is 0. The van der Waals surface area contributed by atoms with Gasteiger partial charge < -0.3 is 19.9 Å². The SMILES string of the molecule is COc1c(C)cccc1C(=O)NC(=S)Nc1ccc(N2CCN(C(=O)c3cccs3)CC2)cc1. The summed E-state index contributed by atoms with van der Waals surface area (Å²) in [5.41, 5.74) is 3.16. The Morgan fingerprint density at radius 2 is 1.74 bits per heavy atom. The van der Waals surface area contributed by atoms with Crippen LogP contribution in [0.5, 0.6) is 5.75 Å². The molecule has 0 aliphatic carbocycles. The zero-order chi connectivity index (χ0) is 24.1. The van der Waals surface area contributed by atoms with Crippen molar-refractivity contribution in [3.8, 4) is 5.75 Å². The predicted octanol–water partition coefficient (Wildman–Crippen LogP) is 4.15. The van der Waals surface area contributed by atoms with Crippen LogP contribution in [0.2, 0.25) is 0 Å². The van der Waals surface area contributed by atoms with Gasteiger partial charge in [0.05, 0.1) is 17.6 Å². The van der Waals surface area contributed by atoms with E-state index in [0.29, 0.717) is 24.4 Å². The van der Waals surface area contributed by atoms with Crippen molar-refractivity contribution in [2.75, 3.05) is 43.5 Å². The van der Waals surface area contributed by atoms with E-state index in [1.165, 1.54) is 11.3 Å². The summed E-state index contributed by atoms with van der Waals surface area (Å²) >= 11 is 6.80. The average molecular weight is 495 g/mol. The zero-order valence-electron chi connectivity index (χ0n) is 19.0. The van der Waals surface area contributed by atoms with Gasteiger partial charge in [0.2, 0.25) is 0 Å². The lowest BCUT2D eigenvalue weighted by atomic mass is 10.1. The lowest BCUT2D eigenvalue weighted by Crippen LogP contribution is -2.48.